The average Bonchev–Trinajstić information content (AvgIpc) is 2.91. The van der Waals surface area contributed by atoms with Crippen molar-refractivity contribution < 1.29 is 9.53 Å². The zero-order valence-electron chi connectivity index (χ0n) is 15.3. The lowest BCUT2D eigenvalue weighted by Gasteiger charge is -2.44. The van der Waals surface area contributed by atoms with E-state index in [9.17, 15) is 4.79 Å². The molecule has 5 atom stereocenters. The number of nitrogens with one attached hydrogen (secondary N) is 4. The first-order valence-electron chi connectivity index (χ1n) is 9.71. The van der Waals surface area contributed by atoms with Crippen LogP contribution in [0, 0.1) is 5.92 Å². The van der Waals surface area contributed by atoms with Crippen molar-refractivity contribution in [2.75, 3.05) is 39.8 Å². The van der Waals surface area contributed by atoms with Gasteiger partial charge in [-0.2, -0.15) is 0 Å². The van der Waals surface area contributed by atoms with Gasteiger partial charge < -0.3 is 15.8 Å². The van der Waals surface area contributed by atoms with Crippen LogP contribution >= 0.6 is 0 Å². The van der Waals surface area contributed by atoms with Crippen LogP contribution in [0.2, 0.25) is 0 Å². The topological polar surface area (TPSA) is 104 Å². The fourth-order valence-corrected chi connectivity index (χ4v) is 4.29. The number of nitrogens with two attached hydrogens (primary N) is 1. The van der Waals surface area contributed by atoms with E-state index in [-0.39, 0.29) is 36.4 Å². The standard InChI is InChI=1S/C17H34N6O2/c1-25-14-6-3-2-5-13(14)21-16-12(15(18)24)11-20-17(22-16)23-9-4-7-19-8-10-23/h12-14,16-17,19-22H,2-11H2,1H3,(H2,18,24). The monoisotopic (exact) mass is 354 g/mol. The molecule has 6 N–H and O–H groups in total. The van der Waals surface area contributed by atoms with Crippen LogP contribution in [0.1, 0.15) is 32.1 Å². The Morgan fingerprint density at radius 1 is 1.20 bits per heavy atom. The minimum atomic E-state index is -0.266. The number of rotatable bonds is 5. The van der Waals surface area contributed by atoms with Gasteiger partial charge in [-0.25, -0.2) is 0 Å². The molecule has 0 aromatic rings. The van der Waals surface area contributed by atoms with Crippen LogP contribution in [-0.4, -0.2) is 75.2 Å². The molecule has 2 saturated heterocycles. The van der Waals surface area contributed by atoms with Crippen molar-refractivity contribution in [1.82, 2.24) is 26.2 Å². The number of hydrogen-bond donors (Lipinski definition) is 5. The van der Waals surface area contributed by atoms with Gasteiger partial charge in [0.05, 0.1) is 18.2 Å². The highest BCUT2D eigenvalue weighted by molar-refractivity contribution is 5.77. The van der Waals surface area contributed by atoms with Crippen molar-refractivity contribution in [3.8, 4) is 0 Å². The molecule has 0 aromatic heterocycles. The third kappa shape index (κ3) is 4.90. The number of amides is 1. The van der Waals surface area contributed by atoms with Crippen LogP contribution in [-0.2, 0) is 9.53 Å². The first-order chi connectivity index (χ1) is 12.2. The molecular formula is C17H34N6O2. The van der Waals surface area contributed by atoms with Gasteiger partial charge in [-0.1, -0.05) is 12.8 Å². The highest BCUT2D eigenvalue weighted by Crippen LogP contribution is 2.22. The van der Waals surface area contributed by atoms with E-state index in [1.54, 1.807) is 7.11 Å². The van der Waals surface area contributed by atoms with Crippen molar-refractivity contribution in [3.05, 3.63) is 0 Å². The quantitative estimate of drug-likeness (QED) is 0.420. The largest absolute Gasteiger partial charge is 0.380 e. The summed E-state index contributed by atoms with van der Waals surface area (Å²) in [5, 5.41) is 14.1. The van der Waals surface area contributed by atoms with Gasteiger partial charge in [-0.05, 0) is 25.8 Å². The molecular weight excluding hydrogens is 320 g/mol. The lowest BCUT2D eigenvalue weighted by Crippen LogP contribution is -2.72. The molecule has 5 unspecified atom stereocenters. The number of carbonyl (C=O) groups is 1. The average molecular weight is 354 g/mol. The molecule has 144 valence electrons. The van der Waals surface area contributed by atoms with Crippen LogP contribution in [0.15, 0.2) is 0 Å². The van der Waals surface area contributed by atoms with Crippen LogP contribution < -0.4 is 27.0 Å². The molecule has 3 rings (SSSR count). The maximum Gasteiger partial charge on any atom is 0.224 e. The van der Waals surface area contributed by atoms with E-state index in [0.29, 0.717) is 6.54 Å². The summed E-state index contributed by atoms with van der Waals surface area (Å²) in [6.07, 6.45) is 5.84. The summed E-state index contributed by atoms with van der Waals surface area (Å²) in [7, 11) is 1.78. The van der Waals surface area contributed by atoms with Crippen LogP contribution in [0.3, 0.4) is 0 Å². The fourth-order valence-electron chi connectivity index (χ4n) is 4.29. The number of carbonyl (C=O) groups excluding carboxylic acids is 1. The Labute approximate surface area is 150 Å². The van der Waals surface area contributed by atoms with Gasteiger partial charge in [0, 0.05) is 39.3 Å². The Morgan fingerprint density at radius 3 is 2.84 bits per heavy atom. The van der Waals surface area contributed by atoms with E-state index in [4.69, 9.17) is 10.5 Å². The zero-order valence-corrected chi connectivity index (χ0v) is 15.3. The van der Waals surface area contributed by atoms with Gasteiger partial charge >= 0.3 is 0 Å². The van der Waals surface area contributed by atoms with Gasteiger partial charge in [0.2, 0.25) is 5.91 Å². The maximum atomic E-state index is 11.9. The summed E-state index contributed by atoms with van der Waals surface area (Å²) in [4.78, 5) is 14.3. The molecule has 8 heteroatoms. The number of hydrogen-bond acceptors (Lipinski definition) is 7. The van der Waals surface area contributed by atoms with Gasteiger partial charge in [-0.3, -0.25) is 25.6 Å². The molecule has 1 saturated carbocycles. The van der Waals surface area contributed by atoms with Crippen molar-refractivity contribution in [2.45, 2.75) is 56.7 Å². The summed E-state index contributed by atoms with van der Waals surface area (Å²) >= 11 is 0. The van der Waals surface area contributed by atoms with E-state index in [1.165, 1.54) is 12.8 Å². The maximum absolute atomic E-state index is 11.9. The highest BCUT2D eigenvalue weighted by Gasteiger charge is 2.38. The normalized spacial score (nSPS) is 38.2. The highest BCUT2D eigenvalue weighted by atomic mass is 16.5. The third-order valence-corrected chi connectivity index (χ3v) is 5.78. The SMILES string of the molecule is COC1CCCCC1NC1NC(N2CCCNCC2)NCC1C(N)=O. The predicted molar refractivity (Wildman–Crippen MR) is 96.6 cm³/mol. The summed E-state index contributed by atoms with van der Waals surface area (Å²) in [5.41, 5.74) is 5.66. The molecule has 0 bridgehead atoms. The minimum absolute atomic E-state index is 0.0672. The third-order valence-electron chi connectivity index (χ3n) is 5.78. The van der Waals surface area contributed by atoms with Crippen molar-refractivity contribution in [2.24, 2.45) is 11.7 Å². The summed E-state index contributed by atoms with van der Waals surface area (Å²) in [5.74, 6) is -0.529. The van der Waals surface area contributed by atoms with Crippen LogP contribution in [0.25, 0.3) is 0 Å². The summed E-state index contributed by atoms with van der Waals surface area (Å²) in [6.45, 7) is 4.68. The van der Waals surface area contributed by atoms with E-state index >= 15 is 0 Å². The van der Waals surface area contributed by atoms with Gasteiger partial charge in [0.25, 0.3) is 0 Å². The van der Waals surface area contributed by atoms with Crippen LogP contribution in [0.4, 0.5) is 0 Å². The minimum Gasteiger partial charge on any atom is -0.380 e. The van der Waals surface area contributed by atoms with Gasteiger partial charge in [-0.15, -0.1) is 0 Å². The fraction of sp³-hybridized carbons (Fsp3) is 0.941. The van der Waals surface area contributed by atoms with E-state index < -0.39 is 0 Å². The predicted octanol–water partition coefficient (Wildman–Crippen LogP) is -1.27. The van der Waals surface area contributed by atoms with Gasteiger partial charge in [0.1, 0.15) is 6.29 Å². The molecule has 1 aliphatic carbocycles. The number of ether oxygens (including phenoxy) is 1. The van der Waals surface area contributed by atoms with E-state index in [2.05, 4.69) is 26.2 Å². The Bertz CT molecular complexity index is 429. The van der Waals surface area contributed by atoms with Crippen molar-refractivity contribution in [3.63, 3.8) is 0 Å². The molecule has 25 heavy (non-hydrogen) atoms. The molecule has 3 aliphatic rings. The van der Waals surface area contributed by atoms with E-state index in [0.717, 1.165) is 45.4 Å². The Kier molecular flexibility index (Phi) is 7.03. The van der Waals surface area contributed by atoms with Crippen molar-refractivity contribution in [1.29, 1.82) is 0 Å². The summed E-state index contributed by atoms with van der Waals surface area (Å²) in [6, 6.07) is 0.266. The second-order valence-corrected chi connectivity index (χ2v) is 7.44. The smallest absolute Gasteiger partial charge is 0.224 e. The lowest BCUT2D eigenvalue weighted by atomic mass is 9.91. The molecule has 2 heterocycles. The molecule has 0 radical (unpaired) electrons. The molecule has 8 nitrogen and oxygen atoms in total. The first-order valence-corrected chi connectivity index (χ1v) is 9.71. The second-order valence-electron chi connectivity index (χ2n) is 7.44. The first kappa shape index (κ1) is 19.0. The summed E-state index contributed by atoms with van der Waals surface area (Å²) < 4.78 is 5.66. The van der Waals surface area contributed by atoms with Crippen LogP contribution in [0.5, 0.6) is 0 Å². The Balaban J connectivity index is 1.65. The molecule has 0 aromatic carbocycles. The van der Waals surface area contributed by atoms with Crippen molar-refractivity contribution >= 4 is 5.91 Å². The molecule has 0 spiro atoms. The number of nitrogens with zero attached hydrogens (tertiary/aromatic N) is 1. The molecule has 1 amide bonds. The van der Waals surface area contributed by atoms with E-state index in [1.807, 2.05) is 0 Å². The number of primary amides is 1. The van der Waals surface area contributed by atoms with Gasteiger partial charge in [0.15, 0.2) is 0 Å². The Hall–Kier alpha value is -0.770. The molecule has 3 fully saturated rings. The number of methoxy groups -OCH3 is 1. The molecule has 2 aliphatic heterocycles. The lowest BCUT2D eigenvalue weighted by molar-refractivity contribution is -0.125. The zero-order chi connectivity index (χ0) is 17.6. The Morgan fingerprint density at radius 2 is 2.04 bits per heavy atom. The second kappa shape index (κ2) is 9.25.